The molecule has 0 saturated heterocycles. The molecule has 0 fully saturated rings. The Morgan fingerprint density at radius 1 is 1.17 bits per heavy atom. The molecule has 3 rings (SSSR count). The second-order valence-electron chi connectivity index (χ2n) is 5.71. The van der Waals surface area contributed by atoms with Gasteiger partial charge in [0.15, 0.2) is 0 Å². The van der Waals surface area contributed by atoms with Crippen LogP contribution in [0.15, 0.2) is 54.7 Å². The van der Waals surface area contributed by atoms with Crippen molar-refractivity contribution in [2.24, 2.45) is 5.73 Å². The zero-order valence-corrected chi connectivity index (χ0v) is 13.1. The fourth-order valence-electron chi connectivity index (χ4n) is 2.89. The van der Waals surface area contributed by atoms with Gasteiger partial charge in [0.25, 0.3) is 0 Å². The Balaban J connectivity index is 1.99. The molecular weight excluding hydrogens is 288 g/mol. The third-order valence-electron chi connectivity index (χ3n) is 4.16. The number of aliphatic carboxylic acids is 1. The van der Waals surface area contributed by atoms with Crippen molar-refractivity contribution in [2.45, 2.75) is 25.9 Å². The fourth-order valence-corrected chi connectivity index (χ4v) is 2.89. The lowest BCUT2D eigenvalue weighted by Gasteiger charge is -2.12. The number of carboxylic acids is 1. The minimum Gasteiger partial charge on any atom is -0.481 e. The number of aromatic nitrogens is 1. The molecule has 1 aromatic heterocycles. The summed E-state index contributed by atoms with van der Waals surface area (Å²) < 4.78 is 2.21. The van der Waals surface area contributed by atoms with Gasteiger partial charge in [0.05, 0.1) is 6.42 Å². The van der Waals surface area contributed by atoms with Crippen molar-refractivity contribution < 1.29 is 9.90 Å². The van der Waals surface area contributed by atoms with Crippen molar-refractivity contribution in [3.8, 4) is 11.1 Å². The molecule has 3 aromatic rings. The summed E-state index contributed by atoms with van der Waals surface area (Å²) in [4.78, 5) is 10.8. The van der Waals surface area contributed by atoms with E-state index in [4.69, 9.17) is 10.8 Å². The summed E-state index contributed by atoms with van der Waals surface area (Å²) >= 11 is 0. The first-order chi connectivity index (χ1) is 11.1. The Labute approximate surface area is 135 Å². The average Bonchev–Trinajstić information content (AvgIpc) is 2.96. The summed E-state index contributed by atoms with van der Waals surface area (Å²) in [7, 11) is 0. The van der Waals surface area contributed by atoms with E-state index in [-0.39, 0.29) is 6.42 Å². The second-order valence-corrected chi connectivity index (χ2v) is 5.71. The predicted octanol–water partition coefficient (Wildman–Crippen LogP) is 3.80. The SMILES string of the molecule is CCn1ccc2ccc(-c3cccc([C@@H](N)CC(=O)O)c3)cc21. The summed E-state index contributed by atoms with van der Waals surface area (Å²) in [6, 6.07) is 15.8. The molecule has 2 aromatic carbocycles. The molecule has 23 heavy (non-hydrogen) atoms. The Morgan fingerprint density at radius 3 is 2.70 bits per heavy atom. The van der Waals surface area contributed by atoms with E-state index in [0.717, 1.165) is 23.2 Å². The van der Waals surface area contributed by atoms with Crippen LogP contribution < -0.4 is 5.73 Å². The van der Waals surface area contributed by atoms with Gasteiger partial charge in [0, 0.05) is 24.3 Å². The summed E-state index contributed by atoms with van der Waals surface area (Å²) in [5.74, 6) is -0.884. The molecule has 0 bridgehead atoms. The van der Waals surface area contributed by atoms with Gasteiger partial charge >= 0.3 is 5.97 Å². The lowest BCUT2D eigenvalue weighted by atomic mass is 9.98. The van der Waals surface area contributed by atoms with E-state index in [2.05, 4.69) is 42.0 Å². The maximum atomic E-state index is 10.8. The number of carboxylic acid groups (broad SMARTS) is 1. The molecule has 1 heterocycles. The van der Waals surface area contributed by atoms with Crippen LogP contribution in [0.2, 0.25) is 0 Å². The van der Waals surface area contributed by atoms with E-state index in [0.29, 0.717) is 0 Å². The third kappa shape index (κ3) is 3.12. The monoisotopic (exact) mass is 308 g/mol. The lowest BCUT2D eigenvalue weighted by Crippen LogP contribution is -2.14. The number of fused-ring (bicyclic) bond motifs is 1. The Kier molecular flexibility index (Phi) is 4.17. The van der Waals surface area contributed by atoms with Crippen molar-refractivity contribution in [2.75, 3.05) is 0 Å². The topological polar surface area (TPSA) is 68.2 Å². The van der Waals surface area contributed by atoms with E-state index < -0.39 is 12.0 Å². The minimum absolute atomic E-state index is 0.0683. The Morgan fingerprint density at radius 2 is 1.96 bits per heavy atom. The lowest BCUT2D eigenvalue weighted by molar-refractivity contribution is -0.137. The molecule has 0 spiro atoms. The van der Waals surface area contributed by atoms with Crippen LogP contribution in [0.1, 0.15) is 24.9 Å². The number of aryl methyl sites for hydroxylation is 1. The van der Waals surface area contributed by atoms with Gasteiger partial charge in [-0.3, -0.25) is 4.79 Å². The molecule has 1 atom stereocenters. The van der Waals surface area contributed by atoms with Crippen LogP contribution in [-0.2, 0) is 11.3 Å². The highest BCUT2D eigenvalue weighted by Crippen LogP contribution is 2.27. The average molecular weight is 308 g/mol. The van der Waals surface area contributed by atoms with Crippen LogP contribution in [0.4, 0.5) is 0 Å². The van der Waals surface area contributed by atoms with E-state index in [9.17, 15) is 4.79 Å². The molecular formula is C19H20N2O2. The molecule has 0 aliphatic carbocycles. The fraction of sp³-hybridized carbons (Fsp3) is 0.211. The van der Waals surface area contributed by atoms with Gasteiger partial charge in [-0.2, -0.15) is 0 Å². The highest BCUT2D eigenvalue weighted by atomic mass is 16.4. The zero-order chi connectivity index (χ0) is 16.4. The first-order valence-electron chi connectivity index (χ1n) is 7.75. The summed E-state index contributed by atoms with van der Waals surface area (Å²) in [5.41, 5.74) is 10.2. The van der Waals surface area contributed by atoms with Gasteiger partial charge in [0.1, 0.15) is 0 Å². The van der Waals surface area contributed by atoms with Crippen LogP contribution in [0.3, 0.4) is 0 Å². The predicted molar refractivity (Wildman–Crippen MR) is 92.2 cm³/mol. The molecule has 118 valence electrons. The van der Waals surface area contributed by atoms with Crippen LogP contribution in [0.5, 0.6) is 0 Å². The van der Waals surface area contributed by atoms with Gasteiger partial charge < -0.3 is 15.4 Å². The molecule has 0 aliphatic heterocycles. The van der Waals surface area contributed by atoms with Crippen molar-refractivity contribution >= 4 is 16.9 Å². The molecule has 0 aliphatic rings. The van der Waals surface area contributed by atoms with Gasteiger partial charge in [-0.1, -0.05) is 30.3 Å². The van der Waals surface area contributed by atoms with Gasteiger partial charge in [-0.25, -0.2) is 0 Å². The van der Waals surface area contributed by atoms with Crippen molar-refractivity contribution in [1.29, 1.82) is 0 Å². The highest BCUT2D eigenvalue weighted by Gasteiger charge is 2.11. The summed E-state index contributed by atoms with van der Waals surface area (Å²) in [6.45, 7) is 3.05. The molecule has 0 unspecified atom stereocenters. The first kappa shape index (κ1) is 15.3. The molecule has 3 N–H and O–H groups in total. The highest BCUT2D eigenvalue weighted by molar-refractivity contribution is 5.85. The van der Waals surface area contributed by atoms with Crippen LogP contribution >= 0.6 is 0 Å². The normalized spacial score (nSPS) is 12.4. The Hall–Kier alpha value is -2.59. The standard InChI is InChI=1S/C19H20N2O2/c1-2-21-9-8-13-6-7-15(11-18(13)21)14-4-3-5-16(10-14)17(20)12-19(22)23/h3-11,17H,2,12,20H2,1H3,(H,22,23)/t17-/m0/s1. The number of hydrogen-bond donors (Lipinski definition) is 2. The first-order valence-corrected chi connectivity index (χ1v) is 7.75. The number of hydrogen-bond acceptors (Lipinski definition) is 2. The quantitative estimate of drug-likeness (QED) is 0.753. The second kappa shape index (κ2) is 6.26. The Bertz CT molecular complexity index is 851. The van der Waals surface area contributed by atoms with Crippen molar-refractivity contribution in [3.05, 3.63) is 60.3 Å². The van der Waals surface area contributed by atoms with Gasteiger partial charge in [-0.05, 0) is 47.2 Å². The number of rotatable bonds is 5. The number of benzene rings is 2. The zero-order valence-electron chi connectivity index (χ0n) is 13.1. The van der Waals surface area contributed by atoms with E-state index in [1.807, 2.05) is 24.3 Å². The summed E-state index contributed by atoms with van der Waals surface area (Å²) in [5, 5.41) is 10.1. The largest absolute Gasteiger partial charge is 0.481 e. The van der Waals surface area contributed by atoms with Crippen LogP contribution in [0, 0.1) is 0 Å². The third-order valence-corrected chi connectivity index (χ3v) is 4.16. The minimum atomic E-state index is -0.884. The number of carbonyl (C=O) groups is 1. The maximum Gasteiger partial charge on any atom is 0.305 e. The molecule has 4 heteroatoms. The smallest absolute Gasteiger partial charge is 0.305 e. The van der Waals surface area contributed by atoms with Crippen molar-refractivity contribution in [1.82, 2.24) is 4.57 Å². The van der Waals surface area contributed by atoms with Gasteiger partial charge in [-0.15, -0.1) is 0 Å². The maximum absolute atomic E-state index is 10.8. The number of nitrogens with zero attached hydrogens (tertiary/aromatic N) is 1. The van der Waals surface area contributed by atoms with Crippen LogP contribution in [0.25, 0.3) is 22.0 Å². The van der Waals surface area contributed by atoms with E-state index >= 15 is 0 Å². The summed E-state index contributed by atoms with van der Waals surface area (Å²) in [6.07, 6.45) is 2.02. The van der Waals surface area contributed by atoms with Crippen molar-refractivity contribution in [3.63, 3.8) is 0 Å². The van der Waals surface area contributed by atoms with Crippen LogP contribution in [-0.4, -0.2) is 15.6 Å². The molecule has 4 nitrogen and oxygen atoms in total. The molecule has 0 radical (unpaired) electrons. The molecule has 0 saturated carbocycles. The van der Waals surface area contributed by atoms with Gasteiger partial charge in [0.2, 0.25) is 0 Å². The number of nitrogens with two attached hydrogens (primary N) is 1. The van der Waals surface area contributed by atoms with E-state index in [1.54, 1.807) is 0 Å². The van der Waals surface area contributed by atoms with E-state index in [1.165, 1.54) is 10.9 Å². The molecule has 0 amide bonds.